The third-order valence-electron chi connectivity index (χ3n) is 4.98. The molecule has 0 atom stereocenters. The Morgan fingerprint density at radius 2 is 1.00 bits per heavy atom. The number of benzene rings is 2. The van der Waals surface area contributed by atoms with Crippen molar-refractivity contribution in [2.45, 2.75) is 44.9 Å². The lowest BCUT2D eigenvalue weighted by Crippen LogP contribution is -2.17. The van der Waals surface area contributed by atoms with E-state index in [1.807, 2.05) is 0 Å². The van der Waals surface area contributed by atoms with Crippen LogP contribution >= 0.6 is 0 Å². The topological polar surface area (TPSA) is 158 Å². The monoisotopic (exact) mass is 480 g/mol. The van der Waals surface area contributed by atoms with Crippen molar-refractivity contribution in [3.05, 3.63) is 70.8 Å². The molecule has 2 rings (SSSR count). The van der Waals surface area contributed by atoms with Gasteiger partial charge in [-0.2, -0.15) is 10.2 Å². The molecule has 0 saturated carbocycles. The van der Waals surface area contributed by atoms with E-state index < -0.39 is 11.9 Å². The average molecular weight is 481 g/mol. The van der Waals surface area contributed by atoms with Crippen molar-refractivity contribution in [3.8, 4) is 0 Å². The number of amides is 2. The second-order valence-corrected chi connectivity index (χ2v) is 7.64. The summed E-state index contributed by atoms with van der Waals surface area (Å²) in [5.74, 6) is -2.64. The summed E-state index contributed by atoms with van der Waals surface area (Å²) < 4.78 is 0. The van der Waals surface area contributed by atoms with E-state index in [0.29, 0.717) is 36.8 Å². The number of carbonyl (C=O) groups excluding carboxylic acids is 2. The second-order valence-electron chi connectivity index (χ2n) is 7.64. The van der Waals surface area contributed by atoms with Crippen LogP contribution in [-0.4, -0.2) is 46.4 Å². The van der Waals surface area contributed by atoms with Crippen molar-refractivity contribution in [2.75, 3.05) is 0 Å². The Morgan fingerprint density at radius 1 is 0.629 bits per heavy atom. The third kappa shape index (κ3) is 9.99. The van der Waals surface area contributed by atoms with Crippen LogP contribution in [0, 0.1) is 0 Å². The highest BCUT2D eigenvalue weighted by atomic mass is 16.4. The first kappa shape index (κ1) is 26.9. The van der Waals surface area contributed by atoms with Gasteiger partial charge in [0, 0.05) is 24.0 Å². The van der Waals surface area contributed by atoms with Gasteiger partial charge in [-0.05, 0) is 25.0 Å². The van der Waals surface area contributed by atoms with Gasteiger partial charge in [0.1, 0.15) is 0 Å². The average Bonchev–Trinajstić information content (AvgIpc) is 2.84. The fourth-order valence-corrected chi connectivity index (χ4v) is 3.17. The van der Waals surface area contributed by atoms with Gasteiger partial charge in [-0.1, -0.05) is 55.7 Å². The van der Waals surface area contributed by atoms with Gasteiger partial charge >= 0.3 is 11.9 Å². The molecule has 0 radical (unpaired) electrons. The first-order chi connectivity index (χ1) is 16.9. The standard InChI is InChI=1S/C25H28N4O6/c30-22(28-26-16-18-10-6-8-12-20(18)24(32)33)14-4-2-1-3-5-15-23(31)29-27-17-19-11-7-9-13-21(19)25(34)35/h6-13,16-17H,1-5,14-15H2,(H,28,30)(H,29,31)(H,32,33)(H,34,35)/b26-16+,27-17+. The van der Waals surface area contributed by atoms with Gasteiger partial charge in [0.05, 0.1) is 23.6 Å². The molecule has 2 aromatic carbocycles. The molecule has 10 nitrogen and oxygen atoms in total. The van der Waals surface area contributed by atoms with Crippen LogP contribution < -0.4 is 10.9 Å². The normalized spacial score (nSPS) is 11.0. The highest BCUT2D eigenvalue weighted by Crippen LogP contribution is 2.09. The van der Waals surface area contributed by atoms with E-state index in [1.165, 1.54) is 24.6 Å². The Labute approximate surface area is 202 Å². The van der Waals surface area contributed by atoms with E-state index >= 15 is 0 Å². The first-order valence-corrected chi connectivity index (χ1v) is 11.2. The zero-order chi connectivity index (χ0) is 25.5. The van der Waals surface area contributed by atoms with Crippen molar-refractivity contribution >= 4 is 36.2 Å². The molecule has 0 aromatic heterocycles. The fraction of sp³-hybridized carbons (Fsp3) is 0.280. The summed E-state index contributed by atoms with van der Waals surface area (Å²) in [6, 6.07) is 12.7. The van der Waals surface area contributed by atoms with Gasteiger partial charge in [-0.15, -0.1) is 0 Å². The fourth-order valence-electron chi connectivity index (χ4n) is 3.17. The van der Waals surface area contributed by atoms with Crippen LogP contribution in [0.5, 0.6) is 0 Å². The van der Waals surface area contributed by atoms with Crippen LogP contribution in [0.3, 0.4) is 0 Å². The minimum atomic E-state index is -1.06. The molecule has 2 aromatic rings. The maximum Gasteiger partial charge on any atom is 0.336 e. The van der Waals surface area contributed by atoms with Crippen LogP contribution in [0.15, 0.2) is 58.7 Å². The van der Waals surface area contributed by atoms with Crippen molar-refractivity contribution in [2.24, 2.45) is 10.2 Å². The molecule has 10 heteroatoms. The number of carbonyl (C=O) groups is 4. The summed E-state index contributed by atoms with van der Waals surface area (Å²) in [5.41, 5.74) is 5.81. The highest BCUT2D eigenvalue weighted by Gasteiger charge is 2.08. The molecule has 0 aliphatic carbocycles. The Hall–Kier alpha value is -4.34. The summed E-state index contributed by atoms with van der Waals surface area (Å²) in [6.45, 7) is 0. The molecule has 0 saturated heterocycles. The molecule has 0 unspecified atom stereocenters. The van der Waals surface area contributed by atoms with Gasteiger partial charge in [0.25, 0.3) is 0 Å². The summed E-state index contributed by atoms with van der Waals surface area (Å²) in [7, 11) is 0. The van der Waals surface area contributed by atoms with Gasteiger partial charge < -0.3 is 10.2 Å². The Balaban J connectivity index is 1.55. The number of aromatic carboxylic acids is 2. The maximum absolute atomic E-state index is 11.9. The second kappa shape index (κ2) is 14.7. The number of nitrogens with zero attached hydrogens (tertiary/aromatic N) is 2. The van der Waals surface area contributed by atoms with Crippen molar-refractivity contribution in [1.29, 1.82) is 0 Å². The first-order valence-electron chi connectivity index (χ1n) is 11.2. The van der Waals surface area contributed by atoms with Crippen molar-refractivity contribution in [3.63, 3.8) is 0 Å². The van der Waals surface area contributed by atoms with Gasteiger partial charge in [-0.25, -0.2) is 20.4 Å². The van der Waals surface area contributed by atoms with E-state index in [-0.39, 0.29) is 22.9 Å². The van der Waals surface area contributed by atoms with Crippen molar-refractivity contribution in [1.82, 2.24) is 10.9 Å². The summed E-state index contributed by atoms with van der Waals surface area (Å²) in [5, 5.41) is 25.9. The molecule has 35 heavy (non-hydrogen) atoms. The smallest absolute Gasteiger partial charge is 0.336 e. The summed E-state index contributed by atoms with van der Waals surface area (Å²) >= 11 is 0. The lowest BCUT2D eigenvalue weighted by atomic mass is 10.1. The van der Waals surface area contributed by atoms with E-state index in [2.05, 4.69) is 21.1 Å². The maximum atomic E-state index is 11.9. The SMILES string of the molecule is O=C(CCCCCCCC(=O)N/N=C/c1ccccc1C(=O)O)N/N=C/c1ccccc1C(=O)O. The van der Waals surface area contributed by atoms with Crippen LogP contribution in [-0.2, 0) is 9.59 Å². The molecular formula is C25H28N4O6. The summed E-state index contributed by atoms with van der Waals surface area (Å²) in [4.78, 5) is 46.0. The predicted octanol–water partition coefficient (Wildman–Crippen LogP) is 3.41. The molecule has 0 heterocycles. The number of carboxylic acid groups (broad SMARTS) is 2. The number of hydrazone groups is 2. The Kier molecular flexibility index (Phi) is 11.3. The third-order valence-corrected chi connectivity index (χ3v) is 4.98. The lowest BCUT2D eigenvalue weighted by Gasteiger charge is -2.03. The number of hydrogen-bond acceptors (Lipinski definition) is 6. The van der Waals surface area contributed by atoms with Gasteiger partial charge in [0.15, 0.2) is 0 Å². The zero-order valence-electron chi connectivity index (χ0n) is 19.1. The van der Waals surface area contributed by atoms with Crippen LogP contribution in [0.1, 0.15) is 76.8 Å². The summed E-state index contributed by atoms with van der Waals surface area (Å²) in [6.07, 6.45) is 7.07. The molecular weight excluding hydrogens is 452 g/mol. The van der Waals surface area contributed by atoms with E-state index in [9.17, 15) is 19.2 Å². The van der Waals surface area contributed by atoms with Crippen LogP contribution in [0.25, 0.3) is 0 Å². The molecule has 4 N–H and O–H groups in total. The minimum Gasteiger partial charge on any atom is -0.478 e. The molecule has 2 amide bonds. The lowest BCUT2D eigenvalue weighted by molar-refractivity contribution is -0.121. The van der Waals surface area contributed by atoms with Gasteiger partial charge in [0.2, 0.25) is 11.8 Å². The minimum absolute atomic E-state index is 0.106. The van der Waals surface area contributed by atoms with Crippen LogP contribution in [0.2, 0.25) is 0 Å². The number of unbranched alkanes of at least 4 members (excludes halogenated alkanes) is 4. The number of carboxylic acids is 2. The largest absolute Gasteiger partial charge is 0.478 e. The van der Waals surface area contributed by atoms with E-state index in [4.69, 9.17) is 10.2 Å². The number of hydrogen-bond donors (Lipinski definition) is 4. The van der Waals surface area contributed by atoms with Gasteiger partial charge in [-0.3, -0.25) is 9.59 Å². The van der Waals surface area contributed by atoms with Crippen LogP contribution in [0.4, 0.5) is 0 Å². The molecule has 0 spiro atoms. The molecule has 0 fully saturated rings. The predicted molar refractivity (Wildman–Crippen MR) is 131 cm³/mol. The molecule has 0 aliphatic heterocycles. The molecule has 0 aliphatic rings. The highest BCUT2D eigenvalue weighted by molar-refractivity contribution is 5.99. The quantitative estimate of drug-likeness (QED) is 0.184. The van der Waals surface area contributed by atoms with E-state index in [1.54, 1.807) is 36.4 Å². The Bertz CT molecular complexity index is 1010. The van der Waals surface area contributed by atoms with Crippen molar-refractivity contribution < 1.29 is 29.4 Å². The molecule has 0 bridgehead atoms. The molecule has 184 valence electrons. The Morgan fingerprint density at radius 3 is 1.40 bits per heavy atom. The van der Waals surface area contributed by atoms with E-state index in [0.717, 1.165) is 19.3 Å². The number of rotatable bonds is 14. The number of nitrogens with one attached hydrogen (secondary N) is 2. The zero-order valence-corrected chi connectivity index (χ0v) is 19.1.